The number of hydrogen-bond acceptors (Lipinski definition) is 1. The van der Waals surface area contributed by atoms with Crippen molar-refractivity contribution in [2.75, 3.05) is 0 Å². The summed E-state index contributed by atoms with van der Waals surface area (Å²) < 4.78 is 2.77. The summed E-state index contributed by atoms with van der Waals surface area (Å²) in [5.41, 5.74) is 1.95. The highest BCUT2D eigenvalue weighted by Gasteiger charge is 2.05. The van der Waals surface area contributed by atoms with Crippen molar-refractivity contribution < 1.29 is 0 Å². The number of H-pyrrole nitrogens is 1. The summed E-state index contributed by atoms with van der Waals surface area (Å²) in [7, 11) is 0. The first-order valence-corrected chi connectivity index (χ1v) is 5.29. The smallest absolute Gasteiger partial charge is 0.312 e. The third-order valence-electron chi connectivity index (χ3n) is 2.15. The first kappa shape index (κ1) is 9.51. The molecule has 0 bridgehead atoms. The molecule has 0 saturated heterocycles. The van der Waals surface area contributed by atoms with Gasteiger partial charge in [-0.3, -0.25) is 4.57 Å². The second-order valence-electron chi connectivity index (χ2n) is 3.02. The molecule has 0 aliphatic rings. The molecular weight excluding hydrogens is 291 g/mol. The monoisotopic (exact) mass is 300 g/mol. The lowest BCUT2D eigenvalue weighted by atomic mass is 10.2. The lowest BCUT2D eigenvalue weighted by Crippen LogP contribution is -2.15. The lowest BCUT2D eigenvalue weighted by molar-refractivity contribution is 0.973. The maximum atomic E-state index is 11.4. The summed E-state index contributed by atoms with van der Waals surface area (Å²) in [6.07, 6.45) is 3.38. The van der Waals surface area contributed by atoms with E-state index in [4.69, 9.17) is 0 Å². The zero-order chi connectivity index (χ0) is 10.1. The Labute approximate surface area is 94.9 Å². The Hall–Kier alpha value is -1.04. The van der Waals surface area contributed by atoms with Gasteiger partial charge in [0, 0.05) is 16.0 Å². The zero-order valence-electron chi connectivity index (χ0n) is 7.62. The SMILES string of the molecule is Cc1c(I)cccc1-n1cc[nH]c1=O. The minimum absolute atomic E-state index is 0.102. The molecule has 0 aliphatic carbocycles. The molecule has 0 fully saturated rings. The van der Waals surface area contributed by atoms with Gasteiger partial charge in [-0.1, -0.05) is 6.07 Å². The first-order valence-electron chi connectivity index (χ1n) is 4.21. The van der Waals surface area contributed by atoms with E-state index in [2.05, 4.69) is 27.6 Å². The summed E-state index contributed by atoms with van der Waals surface area (Å²) in [6.45, 7) is 2.01. The molecule has 0 aliphatic heterocycles. The Morgan fingerprint density at radius 2 is 2.21 bits per heavy atom. The van der Waals surface area contributed by atoms with E-state index < -0.39 is 0 Å². The second kappa shape index (κ2) is 3.61. The fraction of sp³-hybridized carbons (Fsp3) is 0.100. The Kier molecular flexibility index (Phi) is 2.45. The maximum absolute atomic E-state index is 11.4. The van der Waals surface area contributed by atoms with Crippen molar-refractivity contribution in [3.8, 4) is 5.69 Å². The normalized spacial score (nSPS) is 10.4. The van der Waals surface area contributed by atoms with Crippen LogP contribution in [0, 0.1) is 10.5 Å². The summed E-state index contributed by atoms with van der Waals surface area (Å²) >= 11 is 2.26. The van der Waals surface area contributed by atoms with E-state index in [0.29, 0.717) is 0 Å². The number of aromatic nitrogens is 2. The molecule has 0 unspecified atom stereocenters. The van der Waals surface area contributed by atoms with Gasteiger partial charge in [-0.05, 0) is 47.2 Å². The van der Waals surface area contributed by atoms with Gasteiger partial charge in [0.1, 0.15) is 0 Å². The topological polar surface area (TPSA) is 37.8 Å². The van der Waals surface area contributed by atoms with Gasteiger partial charge in [-0.25, -0.2) is 4.79 Å². The molecule has 0 spiro atoms. The maximum Gasteiger partial charge on any atom is 0.330 e. The van der Waals surface area contributed by atoms with Crippen molar-refractivity contribution in [1.82, 2.24) is 9.55 Å². The Bertz CT molecular complexity index is 513. The van der Waals surface area contributed by atoms with Gasteiger partial charge in [0.05, 0.1) is 5.69 Å². The molecular formula is C10H9IN2O. The van der Waals surface area contributed by atoms with E-state index in [1.807, 2.05) is 25.1 Å². The van der Waals surface area contributed by atoms with Crippen LogP contribution in [-0.4, -0.2) is 9.55 Å². The minimum atomic E-state index is -0.102. The number of nitrogens with one attached hydrogen (secondary N) is 1. The van der Waals surface area contributed by atoms with Crippen molar-refractivity contribution in [2.24, 2.45) is 0 Å². The second-order valence-corrected chi connectivity index (χ2v) is 4.18. The number of benzene rings is 1. The number of rotatable bonds is 1. The van der Waals surface area contributed by atoms with Gasteiger partial charge < -0.3 is 4.98 Å². The van der Waals surface area contributed by atoms with Crippen molar-refractivity contribution in [2.45, 2.75) is 6.92 Å². The highest BCUT2D eigenvalue weighted by molar-refractivity contribution is 14.1. The molecule has 0 amide bonds. The fourth-order valence-corrected chi connectivity index (χ4v) is 1.85. The molecule has 1 aromatic carbocycles. The predicted molar refractivity (Wildman–Crippen MR) is 63.8 cm³/mol. The zero-order valence-corrected chi connectivity index (χ0v) is 9.78. The lowest BCUT2D eigenvalue weighted by Gasteiger charge is -2.06. The number of nitrogens with zero attached hydrogens (tertiary/aromatic N) is 1. The fourth-order valence-electron chi connectivity index (χ4n) is 1.37. The summed E-state index contributed by atoms with van der Waals surface area (Å²) in [6, 6.07) is 5.91. The summed E-state index contributed by atoms with van der Waals surface area (Å²) in [5.74, 6) is 0. The highest BCUT2D eigenvalue weighted by atomic mass is 127. The van der Waals surface area contributed by atoms with E-state index in [1.165, 1.54) is 0 Å². The largest absolute Gasteiger partial charge is 0.330 e. The average Bonchev–Trinajstić information content (AvgIpc) is 2.57. The van der Waals surface area contributed by atoms with Gasteiger partial charge in [-0.15, -0.1) is 0 Å². The highest BCUT2D eigenvalue weighted by Crippen LogP contribution is 2.17. The van der Waals surface area contributed by atoms with Crippen LogP contribution in [0.5, 0.6) is 0 Å². The van der Waals surface area contributed by atoms with Crippen LogP contribution in [0.2, 0.25) is 0 Å². The van der Waals surface area contributed by atoms with Crippen molar-refractivity contribution >= 4 is 22.6 Å². The van der Waals surface area contributed by atoms with Crippen LogP contribution < -0.4 is 5.69 Å². The van der Waals surface area contributed by atoms with Crippen LogP contribution in [-0.2, 0) is 0 Å². The van der Waals surface area contributed by atoms with Gasteiger partial charge in [0.25, 0.3) is 0 Å². The van der Waals surface area contributed by atoms with Crippen LogP contribution in [0.3, 0.4) is 0 Å². The molecule has 2 aromatic rings. The van der Waals surface area contributed by atoms with Crippen molar-refractivity contribution in [3.63, 3.8) is 0 Å². The average molecular weight is 300 g/mol. The Morgan fingerprint density at radius 1 is 1.43 bits per heavy atom. The molecule has 1 aromatic heterocycles. The summed E-state index contributed by atoms with van der Waals surface area (Å²) in [5, 5.41) is 0. The van der Waals surface area contributed by atoms with Crippen LogP contribution in [0.25, 0.3) is 5.69 Å². The van der Waals surface area contributed by atoms with Gasteiger partial charge in [-0.2, -0.15) is 0 Å². The number of aromatic amines is 1. The van der Waals surface area contributed by atoms with Crippen molar-refractivity contribution in [3.05, 3.63) is 50.2 Å². The standard InChI is InChI=1S/C10H9IN2O/c1-7-8(11)3-2-4-9(7)13-6-5-12-10(13)14/h2-6H,1H3,(H,12,14). The quantitative estimate of drug-likeness (QED) is 0.805. The molecule has 72 valence electrons. The molecule has 0 saturated carbocycles. The summed E-state index contributed by atoms with van der Waals surface area (Å²) in [4.78, 5) is 14.0. The van der Waals surface area contributed by atoms with Gasteiger partial charge in [0.2, 0.25) is 0 Å². The van der Waals surface area contributed by atoms with Crippen LogP contribution in [0.15, 0.2) is 35.4 Å². The van der Waals surface area contributed by atoms with E-state index in [0.717, 1.165) is 14.8 Å². The molecule has 3 nitrogen and oxygen atoms in total. The van der Waals surface area contributed by atoms with E-state index in [1.54, 1.807) is 17.0 Å². The van der Waals surface area contributed by atoms with E-state index in [9.17, 15) is 4.79 Å². The third kappa shape index (κ3) is 1.50. The molecule has 0 radical (unpaired) electrons. The van der Waals surface area contributed by atoms with Crippen LogP contribution in [0.1, 0.15) is 5.56 Å². The van der Waals surface area contributed by atoms with Crippen LogP contribution >= 0.6 is 22.6 Å². The Balaban J connectivity index is 2.69. The number of halogens is 1. The Morgan fingerprint density at radius 3 is 2.86 bits per heavy atom. The molecule has 1 N–H and O–H groups in total. The molecule has 2 rings (SSSR count). The number of imidazole rings is 1. The van der Waals surface area contributed by atoms with Gasteiger partial charge in [0.15, 0.2) is 0 Å². The molecule has 14 heavy (non-hydrogen) atoms. The molecule has 1 heterocycles. The third-order valence-corrected chi connectivity index (χ3v) is 3.32. The van der Waals surface area contributed by atoms with E-state index >= 15 is 0 Å². The van der Waals surface area contributed by atoms with Crippen LogP contribution in [0.4, 0.5) is 0 Å². The number of hydrogen-bond donors (Lipinski definition) is 1. The van der Waals surface area contributed by atoms with Crippen molar-refractivity contribution in [1.29, 1.82) is 0 Å². The molecule has 4 heteroatoms. The van der Waals surface area contributed by atoms with E-state index in [-0.39, 0.29) is 5.69 Å². The molecule has 0 atom stereocenters. The minimum Gasteiger partial charge on any atom is -0.312 e. The predicted octanol–water partition coefficient (Wildman–Crippen LogP) is 2.08. The first-order chi connectivity index (χ1) is 6.70. The van der Waals surface area contributed by atoms with Gasteiger partial charge >= 0.3 is 5.69 Å².